The molecular weight excluding hydrogens is 426 g/mol. The maximum Gasteiger partial charge on any atom is 0.301 e. The van der Waals surface area contributed by atoms with Crippen LogP contribution in [0.4, 0.5) is 5.13 Å². The summed E-state index contributed by atoms with van der Waals surface area (Å²) in [5.41, 5.74) is 2.68. The van der Waals surface area contributed by atoms with Crippen molar-refractivity contribution in [3.05, 3.63) is 89.3 Å². The number of aromatic nitrogens is 2. The number of carbonyl (C=O) groups is 2. The molecule has 1 atom stereocenters. The summed E-state index contributed by atoms with van der Waals surface area (Å²) >= 11 is 1.30. The van der Waals surface area contributed by atoms with Crippen LogP contribution in [0.3, 0.4) is 0 Å². The van der Waals surface area contributed by atoms with Crippen LogP contribution in [0.2, 0.25) is 0 Å². The summed E-state index contributed by atoms with van der Waals surface area (Å²) in [6, 6.07) is 14.2. The molecule has 1 aliphatic heterocycles. The second-order valence-corrected chi connectivity index (χ2v) is 8.47. The number of nitrogens with zero attached hydrogens (tertiary/aromatic N) is 3. The lowest BCUT2D eigenvalue weighted by Gasteiger charge is -2.23. The van der Waals surface area contributed by atoms with E-state index in [-0.39, 0.29) is 17.1 Å². The number of benzene rings is 2. The quantitative estimate of drug-likeness (QED) is 0.277. The van der Waals surface area contributed by atoms with Crippen molar-refractivity contribution in [2.24, 2.45) is 0 Å². The summed E-state index contributed by atoms with van der Waals surface area (Å²) in [4.78, 5) is 36.2. The number of carbonyl (C=O) groups excluding carboxylic acids is 2. The van der Waals surface area contributed by atoms with Gasteiger partial charge in [0.05, 0.1) is 21.8 Å². The Morgan fingerprint density at radius 3 is 2.47 bits per heavy atom. The Balaban J connectivity index is 1.73. The van der Waals surface area contributed by atoms with Crippen molar-refractivity contribution < 1.29 is 19.8 Å². The zero-order chi connectivity index (χ0) is 22.4. The lowest BCUT2D eigenvalue weighted by molar-refractivity contribution is -0.132. The largest absolute Gasteiger partial charge is 0.508 e. The number of aliphatic hydroxyl groups excluding tert-OH is 1. The number of hydrogen-bond acceptors (Lipinski definition) is 7. The van der Waals surface area contributed by atoms with E-state index in [1.54, 1.807) is 24.3 Å². The summed E-state index contributed by atoms with van der Waals surface area (Å²) in [5, 5.41) is 21.1. The molecule has 3 heterocycles. The molecule has 1 aliphatic rings. The molecule has 0 bridgehead atoms. The highest BCUT2D eigenvalue weighted by atomic mass is 32.1. The van der Waals surface area contributed by atoms with Crippen LogP contribution >= 0.6 is 11.3 Å². The number of aryl methyl sites for hydroxylation is 1. The van der Waals surface area contributed by atoms with E-state index in [4.69, 9.17) is 0 Å². The molecule has 7 nitrogen and oxygen atoms in total. The van der Waals surface area contributed by atoms with Crippen LogP contribution in [0.25, 0.3) is 16.0 Å². The molecule has 4 aromatic rings. The van der Waals surface area contributed by atoms with Gasteiger partial charge in [0.1, 0.15) is 11.5 Å². The Labute approximate surface area is 186 Å². The molecular formula is C24H17N3O4S. The van der Waals surface area contributed by atoms with Gasteiger partial charge in [-0.3, -0.25) is 19.5 Å². The molecule has 32 heavy (non-hydrogen) atoms. The molecule has 1 fully saturated rings. The predicted molar refractivity (Wildman–Crippen MR) is 121 cm³/mol. The molecule has 1 unspecified atom stereocenters. The maximum absolute atomic E-state index is 13.2. The van der Waals surface area contributed by atoms with Crippen molar-refractivity contribution in [1.29, 1.82) is 0 Å². The van der Waals surface area contributed by atoms with Crippen LogP contribution in [0, 0.1) is 6.92 Å². The average Bonchev–Trinajstić information content (AvgIpc) is 3.32. The molecule has 5 rings (SSSR count). The Morgan fingerprint density at radius 2 is 1.75 bits per heavy atom. The number of pyridine rings is 1. The standard InChI is InChI=1S/C24H17N3O4S/c1-13-2-7-17-18(12-13)32-24(26-17)27-20(14-3-5-16(28)6-4-14)19(22(30)23(27)31)21(29)15-8-10-25-11-9-15/h2-12,20,28-29H,1H3/b21-19+. The first-order valence-electron chi connectivity index (χ1n) is 9.81. The van der Waals surface area contributed by atoms with Gasteiger partial charge in [-0.1, -0.05) is 29.5 Å². The number of ketones is 1. The number of amides is 1. The minimum Gasteiger partial charge on any atom is -0.508 e. The third-order valence-electron chi connectivity index (χ3n) is 5.35. The zero-order valence-electron chi connectivity index (χ0n) is 16.9. The van der Waals surface area contributed by atoms with E-state index in [1.165, 1.54) is 40.8 Å². The van der Waals surface area contributed by atoms with Crippen LogP contribution in [0.5, 0.6) is 5.75 Å². The first-order valence-corrected chi connectivity index (χ1v) is 10.6. The predicted octanol–water partition coefficient (Wildman–Crippen LogP) is 4.33. The summed E-state index contributed by atoms with van der Waals surface area (Å²) in [7, 11) is 0. The number of fused-ring (bicyclic) bond motifs is 1. The maximum atomic E-state index is 13.2. The van der Waals surface area contributed by atoms with E-state index in [0.29, 0.717) is 16.3 Å². The molecule has 2 aromatic heterocycles. The van der Waals surface area contributed by atoms with Crippen LogP contribution < -0.4 is 4.90 Å². The second kappa shape index (κ2) is 7.58. The van der Waals surface area contributed by atoms with Crippen molar-refractivity contribution in [2.45, 2.75) is 13.0 Å². The monoisotopic (exact) mass is 443 g/mol. The number of aromatic hydroxyl groups is 1. The topological polar surface area (TPSA) is 104 Å². The van der Waals surface area contributed by atoms with Crippen molar-refractivity contribution in [1.82, 2.24) is 9.97 Å². The van der Waals surface area contributed by atoms with Gasteiger partial charge < -0.3 is 10.2 Å². The molecule has 0 spiro atoms. The molecule has 8 heteroatoms. The van der Waals surface area contributed by atoms with Crippen molar-refractivity contribution in [2.75, 3.05) is 4.90 Å². The number of hydrogen-bond donors (Lipinski definition) is 2. The summed E-state index contributed by atoms with van der Waals surface area (Å²) in [6.07, 6.45) is 2.99. The first kappa shape index (κ1) is 19.9. The van der Waals surface area contributed by atoms with E-state index in [9.17, 15) is 19.8 Å². The number of Topliss-reactive ketones (excluding diaryl/α,β-unsaturated/α-hetero) is 1. The highest BCUT2D eigenvalue weighted by Crippen LogP contribution is 2.44. The van der Waals surface area contributed by atoms with Gasteiger partial charge in [-0.15, -0.1) is 0 Å². The number of rotatable bonds is 3. The van der Waals surface area contributed by atoms with Crippen molar-refractivity contribution in [3.8, 4) is 5.75 Å². The van der Waals surface area contributed by atoms with E-state index < -0.39 is 17.7 Å². The molecule has 1 saturated heterocycles. The number of aliphatic hydroxyl groups is 1. The van der Waals surface area contributed by atoms with Crippen LogP contribution in [-0.4, -0.2) is 31.9 Å². The van der Waals surface area contributed by atoms with Gasteiger partial charge in [-0.25, -0.2) is 4.98 Å². The lowest BCUT2D eigenvalue weighted by atomic mass is 9.95. The summed E-state index contributed by atoms with van der Waals surface area (Å²) in [5.74, 6) is -1.80. The van der Waals surface area contributed by atoms with E-state index >= 15 is 0 Å². The third-order valence-corrected chi connectivity index (χ3v) is 6.36. The molecule has 2 N–H and O–H groups in total. The fourth-order valence-electron chi connectivity index (χ4n) is 3.79. The molecule has 0 aliphatic carbocycles. The molecule has 158 valence electrons. The van der Waals surface area contributed by atoms with Gasteiger partial charge >= 0.3 is 5.91 Å². The van der Waals surface area contributed by atoms with E-state index in [1.807, 2.05) is 25.1 Å². The van der Waals surface area contributed by atoms with Gasteiger partial charge in [0.2, 0.25) is 0 Å². The average molecular weight is 443 g/mol. The van der Waals surface area contributed by atoms with Gasteiger partial charge in [0.25, 0.3) is 5.78 Å². The zero-order valence-corrected chi connectivity index (χ0v) is 17.7. The Bertz CT molecular complexity index is 1390. The van der Waals surface area contributed by atoms with Gasteiger partial charge in [-0.05, 0) is 54.4 Å². The Morgan fingerprint density at radius 1 is 1.03 bits per heavy atom. The Kier molecular flexibility index (Phi) is 4.71. The number of phenolic OH excluding ortho intramolecular Hbond substituents is 1. The fraction of sp³-hybridized carbons (Fsp3) is 0.0833. The minimum atomic E-state index is -0.898. The smallest absolute Gasteiger partial charge is 0.301 e. The Hall–Kier alpha value is -4.04. The van der Waals surface area contributed by atoms with Crippen LogP contribution in [-0.2, 0) is 9.59 Å². The van der Waals surface area contributed by atoms with E-state index in [0.717, 1.165) is 15.8 Å². The second-order valence-electron chi connectivity index (χ2n) is 7.46. The normalized spacial score (nSPS) is 17.9. The summed E-state index contributed by atoms with van der Waals surface area (Å²) < 4.78 is 0.889. The molecule has 2 aromatic carbocycles. The SMILES string of the molecule is Cc1ccc2nc(N3C(=O)C(=O)/C(=C(/O)c4ccncc4)C3c3ccc(O)cc3)sc2c1. The first-order chi connectivity index (χ1) is 15.4. The van der Waals surface area contributed by atoms with Gasteiger partial charge in [-0.2, -0.15) is 0 Å². The third kappa shape index (κ3) is 3.21. The number of anilines is 1. The highest BCUT2D eigenvalue weighted by molar-refractivity contribution is 7.22. The van der Waals surface area contributed by atoms with E-state index in [2.05, 4.69) is 9.97 Å². The van der Waals surface area contributed by atoms with Gasteiger partial charge in [0.15, 0.2) is 5.13 Å². The molecule has 1 amide bonds. The van der Waals surface area contributed by atoms with Crippen molar-refractivity contribution >= 4 is 44.1 Å². The van der Waals surface area contributed by atoms with Crippen molar-refractivity contribution in [3.63, 3.8) is 0 Å². The summed E-state index contributed by atoms with van der Waals surface area (Å²) in [6.45, 7) is 1.97. The van der Waals surface area contributed by atoms with Gasteiger partial charge in [0, 0.05) is 18.0 Å². The lowest BCUT2D eigenvalue weighted by Crippen LogP contribution is -2.29. The molecule has 0 saturated carbocycles. The number of thiazole rings is 1. The molecule has 0 radical (unpaired) electrons. The van der Waals surface area contributed by atoms with Crippen LogP contribution in [0.15, 0.2) is 72.6 Å². The fourth-order valence-corrected chi connectivity index (χ4v) is 4.88. The minimum absolute atomic E-state index is 0.0395. The van der Waals surface area contributed by atoms with Crippen LogP contribution in [0.1, 0.15) is 22.7 Å². The highest BCUT2D eigenvalue weighted by Gasteiger charge is 2.48. The number of phenols is 1.